The molecular formula is C48H18N6. The fraction of sp³-hybridized carbons (Fsp3) is 0. The van der Waals surface area contributed by atoms with Gasteiger partial charge in [-0.05, 0) is 119 Å². The van der Waals surface area contributed by atoms with Gasteiger partial charge < -0.3 is 0 Å². The van der Waals surface area contributed by atoms with Crippen molar-refractivity contribution in [1.82, 2.24) is 0 Å². The maximum absolute atomic E-state index is 10.6. The van der Waals surface area contributed by atoms with Gasteiger partial charge in [0, 0.05) is 33.4 Å². The van der Waals surface area contributed by atoms with Gasteiger partial charge in [0.05, 0.1) is 0 Å². The van der Waals surface area contributed by atoms with E-state index in [-0.39, 0.29) is 16.7 Å². The Bertz CT molecular complexity index is 2960. The first-order chi connectivity index (χ1) is 26.5. The van der Waals surface area contributed by atoms with Crippen LogP contribution in [-0.2, 0) is 0 Å². The minimum Gasteiger partial charge on any atom is -0.192 e. The summed E-state index contributed by atoms with van der Waals surface area (Å²) in [5.41, 5.74) is 9.16. The molecule has 0 heterocycles. The summed E-state index contributed by atoms with van der Waals surface area (Å²) >= 11 is 0. The van der Waals surface area contributed by atoms with E-state index in [4.69, 9.17) is 0 Å². The van der Waals surface area contributed by atoms with Crippen molar-refractivity contribution >= 4 is 49.0 Å². The van der Waals surface area contributed by atoms with Gasteiger partial charge >= 0.3 is 0 Å². The number of hydrogen-bond donors (Lipinski definition) is 0. The Morgan fingerprint density at radius 1 is 0.278 bits per heavy atom. The number of hydrogen-bond acceptors (Lipinski definition) is 6. The standard InChI is InChI=1S/C48H18N6/c49-19-31(20-50)40-34-13-25-7-1-4-10-28(25)16-37(34)43-46(40)44-38-17-29-11-5-2-8-26(29)14-35(38)42(33(23-53)24-54)48(44)45-39-18-30-12-6-3-9-27(30)15-36(39)41(47(43)45)32(21-51)22-52/h1-18H. The Morgan fingerprint density at radius 2 is 0.481 bits per heavy atom. The lowest BCUT2D eigenvalue weighted by atomic mass is 9.82. The molecule has 0 spiro atoms. The van der Waals surface area contributed by atoms with E-state index < -0.39 is 0 Å². The Kier molecular flexibility index (Phi) is 6.17. The smallest absolute Gasteiger partial charge is 0.138 e. The van der Waals surface area contributed by atoms with Crippen molar-refractivity contribution in [2.75, 3.05) is 0 Å². The second-order valence-corrected chi connectivity index (χ2v) is 13.4. The van der Waals surface area contributed by atoms with Gasteiger partial charge in [0.1, 0.15) is 53.1 Å². The molecule has 0 bridgehead atoms. The molecule has 0 atom stereocenters. The predicted octanol–water partition coefficient (Wildman–Crippen LogP) is 10.6. The van der Waals surface area contributed by atoms with Gasteiger partial charge in [-0.25, -0.2) is 0 Å². The lowest BCUT2D eigenvalue weighted by molar-refractivity contribution is 1.45. The van der Waals surface area contributed by atoms with Crippen LogP contribution in [0, 0.1) is 68.0 Å². The van der Waals surface area contributed by atoms with Crippen LogP contribution in [0.4, 0.5) is 0 Å². The molecule has 6 nitrogen and oxygen atoms in total. The first-order valence-corrected chi connectivity index (χ1v) is 17.0. The normalized spacial score (nSPS) is 12.2. The molecule has 0 unspecified atom stereocenters. The quantitative estimate of drug-likeness (QED) is 0.146. The van der Waals surface area contributed by atoms with Crippen molar-refractivity contribution in [3.8, 4) is 69.8 Å². The fourth-order valence-corrected chi connectivity index (χ4v) is 8.86. The molecule has 0 aromatic heterocycles. The summed E-state index contributed by atoms with van der Waals surface area (Å²) in [7, 11) is 0. The summed E-state index contributed by atoms with van der Waals surface area (Å²) in [5, 5.41) is 69.1. The third kappa shape index (κ3) is 3.76. The largest absolute Gasteiger partial charge is 0.192 e. The van der Waals surface area contributed by atoms with Gasteiger partial charge in [-0.1, -0.05) is 72.8 Å². The van der Waals surface area contributed by atoms with Crippen LogP contribution in [0.5, 0.6) is 0 Å². The first-order valence-electron chi connectivity index (χ1n) is 17.0. The molecule has 240 valence electrons. The average molecular weight is 679 g/mol. The highest BCUT2D eigenvalue weighted by atomic mass is 14.5. The molecule has 6 heteroatoms. The number of fused-ring (bicyclic) bond motifs is 15. The van der Waals surface area contributed by atoms with Gasteiger partial charge in [-0.3, -0.25) is 0 Å². The fourth-order valence-electron chi connectivity index (χ4n) is 8.86. The zero-order chi connectivity index (χ0) is 36.8. The van der Waals surface area contributed by atoms with E-state index in [1.807, 2.05) is 109 Å². The van der Waals surface area contributed by atoms with E-state index in [2.05, 4.69) is 36.4 Å². The van der Waals surface area contributed by atoms with Crippen molar-refractivity contribution < 1.29 is 0 Å². The van der Waals surface area contributed by atoms with Crippen LogP contribution >= 0.6 is 0 Å². The summed E-state index contributed by atoms with van der Waals surface area (Å²) in [5.74, 6) is 0. The monoisotopic (exact) mass is 678 g/mol. The molecule has 0 saturated heterocycles. The lowest BCUT2D eigenvalue weighted by Crippen LogP contribution is -1.99. The predicted molar refractivity (Wildman–Crippen MR) is 207 cm³/mol. The average Bonchev–Trinajstić information content (AvgIpc) is 3.82. The van der Waals surface area contributed by atoms with Crippen LogP contribution in [0.15, 0.2) is 126 Å². The van der Waals surface area contributed by atoms with E-state index >= 15 is 0 Å². The molecule has 3 aliphatic carbocycles. The van der Waals surface area contributed by atoms with Crippen LogP contribution in [0.1, 0.15) is 33.4 Å². The second-order valence-electron chi connectivity index (χ2n) is 13.4. The topological polar surface area (TPSA) is 143 Å². The summed E-state index contributed by atoms with van der Waals surface area (Å²) in [6.45, 7) is 0. The molecule has 7 aromatic rings. The second kappa shape index (κ2) is 11.0. The number of allylic oxidation sites excluding steroid dienone is 3. The zero-order valence-corrected chi connectivity index (χ0v) is 28.1. The van der Waals surface area contributed by atoms with Crippen molar-refractivity contribution in [3.63, 3.8) is 0 Å². The van der Waals surface area contributed by atoms with E-state index in [0.29, 0.717) is 66.8 Å². The number of nitrogens with zero attached hydrogens (tertiary/aromatic N) is 6. The summed E-state index contributed by atoms with van der Waals surface area (Å²) in [4.78, 5) is 0. The van der Waals surface area contributed by atoms with Crippen LogP contribution in [0.2, 0.25) is 0 Å². The molecule has 0 saturated carbocycles. The molecule has 0 N–H and O–H groups in total. The Labute approximate surface area is 308 Å². The van der Waals surface area contributed by atoms with Crippen molar-refractivity contribution in [2.24, 2.45) is 0 Å². The summed E-state index contributed by atoms with van der Waals surface area (Å²) < 4.78 is 0. The maximum atomic E-state index is 10.6. The van der Waals surface area contributed by atoms with Crippen LogP contribution in [-0.4, -0.2) is 0 Å². The molecule has 10 rings (SSSR count). The number of nitriles is 6. The van der Waals surface area contributed by atoms with E-state index in [0.717, 1.165) is 49.0 Å². The molecule has 0 aliphatic heterocycles. The van der Waals surface area contributed by atoms with E-state index in [1.54, 1.807) is 0 Å². The maximum Gasteiger partial charge on any atom is 0.138 e. The summed E-state index contributed by atoms with van der Waals surface area (Å²) in [6, 6.07) is 48.8. The first kappa shape index (κ1) is 30.3. The van der Waals surface area contributed by atoms with Gasteiger partial charge in [-0.2, -0.15) is 31.6 Å². The van der Waals surface area contributed by atoms with Crippen molar-refractivity contribution in [3.05, 3.63) is 159 Å². The number of benzene rings is 7. The highest BCUT2D eigenvalue weighted by Crippen LogP contribution is 2.65. The van der Waals surface area contributed by atoms with Crippen LogP contribution in [0.25, 0.3) is 82.4 Å². The zero-order valence-electron chi connectivity index (χ0n) is 28.1. The van der Waals surface area contributed by atoms with Gasteiger partial charge in [0.15, 0.2) is 0 Å². The summed E-state index contributed by atoms with van der Waals surface area (Å²) in [6.07, 6.45) is 0. The molecule has 7 aromatic carbocycles. The lowest BCUT2D eigenvalue weighted by Gasteiger charge is -2.19. The van der Waals surface area contributed by atoms with Crippen molar-refractivity contribution in [2.45, 2.75) is 0 Å². The van der Waals surface area contributed by atoms with Gasteiger partial charge in [0.2, 0.25) is 0 Å². The minimum absolute atomic E-state index is 0.0967. The molecule has 54 heavy (non-hydrogen) atoms. The minimum atomic E-state index is -0.0967. The number of rotatable bonds is 0. The highest BCUT2D eigenvalue weighted by molar-refractivity contribution is 6.26. The Morgan fingerprint density at radius 3 is 0.685 bits per heavy atom. The Hall–Kier alpha value is -8.52. The van der Waals surface area contributed by atoms with Gasteiger partial charge in [-0.15, -0.1) is 0 Å². The third-order valence-corrected chi connectivity index (χ3v) is 10.9. The van der Waals surface area contributed by atoms with Crippen LogP contribution in [0.3, 0.4) is 0 Å². The highest BCUT2D eigenvalue weighted by Gasteiger charge is 2.45. The van der Waals surface area contributed by atoms with E-state index in [1.165, 1.54) is 0 Å². The molecule has 3 aliphatic rings. The van der Waals surface area contributed by atoms with Crippen LogP contribution < -0.4 is 0 Å². The molecule has 0 fully saturated rings. The molecular weight excluding hydrogens is 661 g/mol. The molecule has 0 radical (unpaired) electrons. The van der Waals surface area contributed by atoms with Gasteiger partial charge in [0.25, 0.3) is 0 Å². The SMILES string of the molecule is N#CC(C#N)=C1c2cc3ccccc3cc2-c2c1c1c(c3c2C(=C(C#N)C#N)c2cc4ccccc4cc2-3)C(=C(C#N)C#N)c2cc3ccccc3cc2-1. The third-order valence-electron chi connectivity index (χ3n) is 10.9. The van der Waals surface area contributed by atoms with E-state index in [9.17, 15) is 31.6 Å². The molecule has 0 amide bonds. The Balaban J connectivity index is 1.55. The van der Waals surface area contributed by atoms with Crippen molar-refractivity contribution in [1.29, 1.82) is 31.6 Å².